The van der Waals surface area contributed by atoms with Gasteiger partial charge in [-0.15, -0.1) is 0 Å². The maximum atomic E-state index is 13.0. The maximum Gasteiger partial charge on any atom is 0.410 e. The molecule has 1 aromatic rings. The summed E-state index contributed by atoms with van der Waals surface area (Å²) in [5.41, 5.74) is 7.40. The highest BCUT2D eigenvalue weighted by Crippen LogP contribution is 2.33. The molecule has 2 fully saturated rings. The highest BCUT2D eigenvalue weighted by Gasteiger charge is 2.31. The van der Waals surface area contributed by atoms with Crippen LogP contribution in [0.5, 0.6) is 5.75 Å². The Bertz CT molecular complexity index is 1010. The molecule has 208 valence electrons. The van der Waals surface area contributed by atoms with Gasteiger partial charge in [0, 0.05) is 38.0 Å². The van der Waals surface area contributed by atoms with Crippen LogP contribution in [-0.2, 0) is 14.3 Å². The average Bonchev–Trinajstić information content (AvgIpc) is 2.91. The molecule has 8 heteroatoms. The normalized spacial score (nSPS) is 21.6. The van der Waals surface area contributed by atoms with Gasteiger partial charge in [0.1, 0.15) is 11.4 Å². The van der Waals surface area contributed by atoms with E-state index in [1.54, 1.807) is 4.90 Å². The van der Waals surface area contributed by atoms with Crippen molar-refractivity contribution in [2.45, 2.75) is 71.3 Å². The van der Waals surface area contributed by atoms with E-state index in [0.29, 0.717) is 51.5 Å². The number of benzene rings is 1. The zero-order valence-electron chi connectivity index (χ0n) is 23.1. The number of carbonyl (C=O) groups is 3. The highest BCUT2D eigenvalue weighted by atomic mass is 16.6. The average molecular weight is 526 g/mol. The van der Waals surface area contributed by atoms with Crippen molar-refractivity contribution in [3.8, 4) is 5.75 Å². The standard InChI is InChI=1S/C30H43N3O5/c1-30(2,3)38-29(36)33-16-12-21(13-17-33)20-37-26-10-8-23(9-11-26)22-4-6-25(7-5-22)28(35)32-18-14-24(15-19-32)27(31)34/h4,8-11,21,24-25H,5-7,12-20H2,1-3H3,(H2,31,34). The summed E-state index contributed by atoms with van der Waals surface area (Å²) < 4.78 is 11.5. The predicted molar refractivity (Wildman–Crippen MR) is 146 cm³/mol. The first kappa shape index (κ1) is 28.0. The summed E-state index contributed by atoms with van der Waals surface area (Å²) in [5.74, 6) is 1.16. The van der Waals surface area contributed by atoms with Crippen LogP contribution in [0.2, 0.25) is 0 Å². The molecule has 1 unspecified atom stereocenters. The van der Waals surface area contributed by atoms with Crippen molar-refractivity contribution in [2.24, 2.45) is 23.5 Å². The lowest BCUT2D eigenvalue weighted by Gasteiger charge is -2.34. The molecule has 2 N–H and O–H groups in total. The van der Waals surface area contributed by atoms with Gasteiger partial charge in [-0.1, -0.05) is 18.2 Å². The number of nitrogens with two attached hydrogens (primary N) is 1. The van der Waals surface area contributed by atoms with Gasteiger partial charge >= 0.3 is 6.09 Å². The number of primary amides is 1. The van der Waals surface area contributed by atoms with E-state index in [1.165, 1.54) is 11.1 Å². The van der Waals surface area contributed by atoms with Gasteiger partial charge in [0.25, 0.3) is 0 Å². The number of carbonyl (C=O) groups excluding carboxylic acids is 3. The number of hydrogen-bond acceptors (Lipinski definition) is 5. The fraction of sp³-hybridized carbons (Fsp3) is 0.633. The van der Waals surface area contributed by atoms with Gasteiger partial charge in [-0.25, -0.2) is 4.79 Å². The quantitative estimate of drug-likeness (QED) is 0.584. The molecule has 1 atom stereocenters. The molecule has 4 rings (SSSR count). The Morgan fingerprint density at radius 3 is 2.08 bits per heavy atom. The Hall–Kier alpha value is -3.03. The number of hydrogen-bond donors (Lipinski definition) is 1. The fourth-order valence-corrected chi connectivity index (χ4v) is 5.55. The first-order valence-electron chi connectivity index (χ1n) is 14.1. The molecule has 3 amide bonds. The lowest BCUT2D eigenvalue weighted by atomic mass is 9.85. The molecule has 2 saturated heterocycles. The Morgan fingerprint density at radius 2 is 1.53 bits per heavy atom. The molecule has 0 bridgehead atoms. The van der Waals surface area contributed by atoms with E-state index in [-0.39, 0.29) is 29.7 Å². The predicted octanol–water partition coefficient (Wildman–Crippen LogP) is 4.62. The third-order valence-electron chi connectivity index (χ3n) is 7.95. The minimum Gasteiger partial charge on any atom is -0.493 e. The summed E-state index contributed by atoms with van der Waals surface area (Å²) in [5, 5.41) is 0. The van der Waals surface area contributed by atoms with Crippen molar-refractivity contribution in [3.05, 3.63) is 35.9 Å². The van der Waals surface area contributed by atoms with Crippen molar-refractivity contribution < 1.29 is 23.9 Å². The van der Waals surface area contributed by atoms with E-state index in [4.69, 9.17) is 15.2 Å². The van der Waals surface area contributed by atoms with Crippen molar-refractivity contribution in [2.75, 3.05) is 32.8 Å². The molecule has 0 aromatic heterocycles. The molecular weight excluding hydrogens is 482 g/mol. The molecular formula is C30H43N3O5. The van der Waals surface area contributed by atoms with Gasteiger partial charge in [-0.3, -0.25) is 9.59 Å². The molecule has 3 aliphatic rings. The van der Waals surface area contributed by atoms with E-state index in [0.717, 1.165) is 37.9 Å². The number of piperidine rings is 2. The van der Waals surface area contributed by atoms with Gasteiger partial charge in [-0.05, 0) is 94.9 Å². The van der Waals surface area contributed by atoms with Crippen LogP contribution in [0.1, 0.15) is 71.3 Å². The van der Waals surface area contributed by atoms with Crippen LogP contribution in [0.4, 0.5) is 4.79 Å². The lowest BCUT2D eigenvalue weighted by molar-refractivity contribution is -0.138. The Morgan fingerprint density at radius 1 is 0.895 bits per heavy atom. The van der Waals surface area contributed by atoms with E-state index < -0.39 is 5.60 Å². The molecule has 1 aromatic carbocycles. The Labute approximate surface area is 226 Å². The topological polar surface area (TPSA) is 102 Å². The molecule has 8 nitrogen and oxygen atoms in total. The SMILES string of the molecule is CC(C)(C)OC(=O)N1CCC(COc2ccc(C3=CCC(C(=O)N4CCC(C(N)=O)CC4)CC3)cc2)CC1. The lowest BCUT2D eigenvalue weighted by Crippen LogP contribution is -2.44. The van der Waals surface area contributed by atoms with Crippen LogP contribution in [0.25, 0.3) is 5.57 Å². The van der Waals surface area contributed by atoms with Gasteiger partial charge in [0.2, 0.25) is 11.8 Å². The van der Waals surface area contributed by atoms with E-state index in [1.807, 2.05) is 37.8 Å². The van der Waals surface area contributed by atoms with E-state index in [2.05, 4.69) is 18.2 Å². The van der Waals surface area contributed by atoms with Gasteiger partial charge in [0.15, 0.2) is 0 Å². The number of allylic oxidation sites excluding steroid dienone is 2. The zero-order valence-corrected chi connectivity index (χ0v) is 23.1. The summed E-state index contributed by atoms with van der Waals surface area (Å²) in [7, 11) is 0. The summed E-state index contributed by atoms with van der Waals surface area (Å²) >= 11 is 0. The third kappa shape index (κ3) is 7.51. The van der Waals surface area contributed by atoms with Crippen LogP contribution in [-0.4, -0.2) is 66.1 Å². The van der Waals surface area contributed by atoms with Crippen molar-refractivity contribution in [3.63, 3.8) is 0 Å². The Balaban J connectivity index is 1.19. The second-order valence-corrected chi connectivity index (χ2v) is 11.9. The molecule has 0 spiro atoms. The van der Waals surface area contributed by atoms with Crippen LogP contribution >= 0.6 is 0 Å². The first-order chi connectivity index (χ1) is 18.1. The number of ether oxygens (including phenoxy) is 2. The summed E-state index contributed by atoms with van der Waals surface area (Å²) in [6.45, 7) is 8.97. The van der Waals surface area contributed by atoms with E-state index in [9.17, 15) is 14.4 Å². The number of rotatable bonds is 6. The minimum atomic E-state index is -0.470. The third-order valence-corrected chi connectivity index (χ3v) is 7.95. The largest absolute Gasteiger partial charge is 0.493 e. The molecule has 2 heterocycles. The molecule has 0 saturated carbocycles. The van der Waals surface area contributed by atoms with Crippen molar-refractivity contribution in [1.29, 1.82) is 0 Å². The summed E-state index contributed by atoms with van der Waals surface area (Å²) in [4.78, 5) is 40.3. The minimum absolute atomic E-state index is 0.0215. The van der Waals surface area contributed by atoms with Crippen molar-refractivity contribution in [1.82, 2.24) is 9.80 Å². The summed E-state index contributed by atoms with van der Waals surface area (Å²) in [6, 6.07) is 8.24. The number of amides is 3. The first-order valence-corrected chi connectivity index (χ1v) is 14.1. The smallest absolute Gasteiger partial charge is 0.410 e. The number of nitrogens with zero attached hydrogens (tertiary/aromatic N) is 2. The molecule has 38 heavy (non-hydrogen) atoms. The Kier molecular flexibility index (Phi) is 9.00. The highest BCUT2D eigenvalue weighted by molar-refractivity contribution is 5.82. The van der Waals surface area contributed by atoms with Gasteiger partial charge in [-0.2, -0.15) is 0 Å². The zero-order chi connectivity index (χ0) is 27.3. The molecule has 1 aliphatic carbocycles. The molecule has 0 radical (unpaired) electrons. The number of likely N-dealkylation sites (tertiary alicyclic amines) is 2. The van der Waals surface area contributed by atoms with Crippen LogP contribution < -0.4 is 10.5 Å². The second kappa shape index (κ2) is 12.2. The van der Waals surface area contributed by atoms with Crippen LogP contribution in [0.15, 0.2) is 30.3 Å². The van der Waals surface area contributed by atoms with E-state index >= 15 is 0 Å². The van der Waals surface area contributed by atoms with Crippen molar-refractivity contribution >= 4 is 23.5 Å². The van der Waals surface area contributed by atoms with Crippen LogP contribution in [0.3, 0.4) is 0 Å². The fourth-order valence-electron chi connectivity index (χ4n) is 5.55. The molecule has 2 aliphatic heterocycles. The second-order valence-electron chi connectivity index (χ2n) is 11.9. The van der Waals surface area contributed by atoms with Gasteiger partial charge < -0.3 is 25.0 Å². The monoisotopic (exact) mass is 525 g/mol. The summed E-state index contributed by atoms with van der Waals surface area (Å²) in [6.07, 6.45) is 7.63. The van der Waals surface area contributed by atoms with Crippen LogP contribution in [0, 0.1) is 17.8 Å². The van der Waals surface area contributed by atoms with Gasteiger partial charge in [0.05, 0.1) is 6.61 Å². The maximum absolute atomic E-state index is 13.0.